The lowest BCUT2D eigenvalue weighted by molar-refractivity contribution is -0.121. The van der Waals surface area contributed by atoms with E-state index in [9.17, 15) is 10.1 Å². The largest absolute Gasteiger partial charge is 0.492 e. The Balaban J connectivity index is 1.35. The fourth-order valence-corrected chi connectivity index (χ4v) is 3.82. The first kappa shape index (κ1) is 22.9. The SMILES string of the molecule is N#CC(C(=O)NCc1cccc(OCCN2CCOCC2)c1)c1nc2ccccc2nc1Cl. The first-order valence-electron chi connectivity index (χ1n) is 10.8. The fraction of sp³-hybridized carbons (Fsp3) is 0.333. The smallest absolute Gasteiger partial charge is 0.243 e. The van der Waals surface area contributed by atoms with Gasteiger partial charge in [-0.15, -0.1) is 0 Å². The minimum absolute atomic E-state index is 0.0473. The number of morpholine rings is 1. The molecule has 1 N–H and O–H groups in total. The number of carbonyl (C=O) groups excluding carboxylic acids is 1. The molecule has 1 atom stereocenters. The Hall–Kier alpha value is -3.25. The molecule has 1 amide bonds. The lowest BCUT2D eigenvalue weighted by Crippen LogP contribution is -2.38. The molecular formula is C24H24ClN5O3. The van der Waals surface area contributed by atoms with Crippen molar-refractivity contribution >= 4 is 28.5 Å². The molecule has 1 aromatic heterocycles. The average Bonchev–Trinajstić information content (AvgIpc) is 2.84. The van der Waals surface area contributed by atoms with Gasteiger partial charge in [0.2, 0.25) is 5.91 Å². The number of rotatable bonds is 8. The van der Waals surface area contributed by atoms with Crippen molar-refractivity contribution in [2.45, 2.75) is 12.5 Å². The van der Waals surface area contributed by atoms with Crippen LogP contribution in [0.1, 0.15) is 17.2 Å². The summed E-state index contributed by atoms with van der Waals surface area (Å²) in [5.41, 5.74) is 2.19. The molecule has 170 valence electrons. The van der Waals surface area contributed by atoms with E-state index in [0.717, 1.165) is 44.2 Å². The number of fused-ring (bicyclic) bond motifs is 1. The zero-order valence-electron chi connectivity index (χ0n) is 18.0. The summed E-state index contributed by atoms with van der Waals surface area (Å²) in [6.07, 6.45) is 0. The predicted molar refractivity (Wildman–Crippen MR) is 124 cm³/mol. The van der Waals surface area contributed by atoms with Gasteiger partial charge in [-0.1, -0.05) is 35.9 Å². The summed E-state index contributed by atoms with van der Waals surface area (Å²) in [5.74, 6) is -0.916. The fourth-order valence-electron chi connectivity index (χ4n) is 3.57. The maximum absolute atomic E-state index is 12.8. The summed E-state index contributed by atoms with van der Waals surface area (Å²) in [6.45, 7) is 5.01. The molecule has 8 nitrogen and oxygen atoms in total. The molecule has 0 bridgehead atoms. The molecule has 1 aliphatic rings. The first-order chi connectivity index (χ1) is 16.1. The van der Waals surface area contributed by atoms with E-state index in [1.165, 1.54) is 0 Å². The molecule has 3 aromatic rings. The van der Waals surface area contributed by atoms with Crippen LogP contribution < -0.4 is 10.1 Å². The van der Waals surface area contributed by atoms with Gasteiger partial charge in [-0.3, -0.25) is 9.69 Å². The molecule has 0 radical (unpaired) electrons. The zero-order valence-corrected chi connectivity index (χ0v) is 18.8. The highest BCUT2D eigenvalue weighted by molar-refractivity contribution is 6.30. The Morgan fingerprint density at radius 1 is 1.18 bits per heavy atom. The number of aromatic nitrogens is 2. The van der Waals surface area contributed by atoms with Crippen LogP contribution in [-0.4, -0.2) is 60.2 Å². The van der Waals surface area contributed by atoms with E-state index in [1.54, 1.807) is 12.1 Å². The lowest BCUT2D eigenvalue weighted by Gasteiger charge is -2.26. The molecule has 1 aliphatic heterocycles. The van der Waals surface area contributed by atoms with E-state index in [-0.39, 0.29) is 17.4 Å². The number of para-hydroxylation sites is 2. The van der Waals surface area contributed by atoms with Crippen LogP contribution in [-0.2, 0) is 16.1 Å². The number of carbonyl (C=O) groups is 1. The van der Waals surface area contributed by atoms with Crippen LogP contribution in [0.5, 0.6) is 5.75 Å². The first-order valence-corrected chi connectivity index (χ1v) is 11.1. The number of nitrogens with one attached hydrogen (secondary N) is 1. The second-order valence-electron chi connectivity index (χ2n) is 7.62. The molecular weight excluding hydrogens is 442 g/mol. The number of halogens is 1. The van der Waals surface area contributed by atoms with Crippen molar-refractivity contribution in [1.82, 2.24) is 20.2 Å². The van der Waals surface area contributed by atoms with Gasteiger partial charge in [-0.2, -0.15) is 5.26 Å². The van der Waals surface area contributed by atoms with E-state index >= 15 is 0 Å². The lowest BCUT2D eigenvalue weighted by atomic mass is 10.1. The van der Waals surface area contributed by atoms with Gasteiger partial charge in [0.1, 0.15) is 18.1 Å². The van der Waals surface area contributed by atoms with Crippen molar-refractivity contribution in [2.75, 3.05) is 39.5 Å². The molecule has 2 heterocycles. The van der Waals surface area contributed by atoms with Gasteiger partial charge in [0.25, 0.3) is 0 Å². The minimum Gasteiger partial charge on any atom is -0.492 e. The van der Waals surface area contributed by atoms with Crippen molar-refractivity contribution in [2.24, 2.45) is 0 Å². The quantitative estimate of drug-likeness (QED) is 0.545. The molecule has 33 heavy (non-hydrogen) atoms. The van der Waals surface area contributed by atoms with E-state index in [0.29, 0.717) is 17.6 Å². The molecule has 2 aromatic carbocycles. The second-order valence-corrected chi connectivity index (χ2v) is 7.98. The molecule has 1 saturated heterocycles. The monoisotopic (exact) mass is 465 g/mol. The maximum atomic E-state index is 12.8. The summed E-state index contributed by atoms with van der Waals surface area (Å²) in [5, 5.41) is 12.5. The molecule has 1 unspecified atom stereocenters. The number of hydrogen-bond acceptors (Lipinski definition) is 7. The summed E-state index contributed by atoms with van der Waals surface area (Å²) >= 11 is 6.23. The van der Waals surface area contributed by atoms with E-state index in [4.69, 9.17) is 21.1 Å². The van der Waals surface area contributed by atoms with Crippen molar-refractivity contribution in [3.05, 3.63) is 64.9 Å². The Bertz CT molecular complexity index is 1160. The standard InChI is InChI=1S/C24H24ClN5O3/c25-23-22(28-20-6-1-2-7-21(20)29-23)19(15-26)24(31)27-16-17-4-3-5-18(14-17)33-13-10-30-8-11-32-12-9-30/h1-7,14,19H,8-13,16H2,(H,27,31). The van der Waals surface area contributed by atoms with Crippen molar-refractivity contribution in [3.8, 4) is 11.8 Å². The molecule has 4 rings (SSSR count). The van der Waals surface area contributed by atoms with E-state index in [1.807, 2.05) is 42.5 Å². The van der Waals surface area contributed by atoms with Crippen molar-refractivity contribution < 1.29 is 14.3 Å². The van der Waals surface area contributed by atoms with E-state index in [2.05, 4.69) is 20.2 Å². The Kier molecular flexibility index (Phi) is 7.68. The van der Waals surface area contributed by atoms with Crippen molar-refractivity contribution in [1.29, 1.82) is 5.26 Å². The number of ether oxygens (including phenoxy) is 2. The zero-order chi connectivity index (χ0) is 23.0. The molecule has 0 aliphatic carbocycles. The Morgan fingerprint density at radius 3 is 2.70 bits per heavy atom. The third kappa shape index (κ3) is 5.96. The Labute approximate surface area is 197 Å². The van der Waals surface area contributed by atoms with Gasteiger partial charge in [0, 0.05) is 26.2 Å². The minimum atomic E-state index is -1.16. The van der Waals surface area contributed by atoms with Crippen LogP contribution in [0, 0.1) is 11.3 Å². The predicted octanol–water partition coefficient (Wildman–Crippen LogP) is 2.92. The maximum Gasteiger partial charge on any atom is 0.243 e. The second kappa shape index (κ2) is 11.1. The number of nitriles is 1. The van der Waals surface area contributed by atoms with Crippen LogP contribution in [0.4, 0.5) is 0 Å². The highest BCUT2D eigenvalue weighted by Gasteiger charge is 2.25. The van der Waals surface area contributed by atoms with Crippen LogP contribution in [0.3, 0.4) is 0 Å². The van der Waals surface area contributed by atoms with Crippen LogP contribution in [0.2, 0.25) is 5.15 Å². The molecule has 0 saturated carbocycles. The topological polar surface area (TPSA) is 100 Å². The third-order valence-electron chi connectivity index (χ3n) is 5.36. The highest BCUT2D eigenvalue weighted by atomic mass is 35.5. The van der Waals surface area contributed by atoms with Gasteiger partial charge in [-0.25, -0.2) is 9.97 Å². The summed E-state index contributed by atoms with van der Waals surface area (Å²) in [6, 6.07) is 16.7. The molecule has 9 heteroatoms. The molecule has 1 fully saturated rings. The number of amides is 1. The van der Waals surface area contributed by atoms with Gasteiger partial charge >= 0.3 is 0 Å². The highest BCUT2D eigenvalue weighted by Crippen LogP contribution is 2.24. The van der Waals surface area contributed by atoms with Gasteiger partial charge < -0.3 is 14.8 Å². The van der Waals surface area contributed by atoms with Crippen LogP contribution >= 0.6 is 11.6 Å². The Morgan fingerprint density at radius 2 is 1.94 bits per heavy atom. The van der Waals surface area contributed by atoms with E-state index < -0.39 is 11.8 Å². The summed E-state index contributed by atoms with van der Waals surface area (Å²) < 4.78 is 11.2. The third-order valence-corrected chi connectivity index (χ3v) is 5.64. The van der Waals surface area contributed by atoms with Crippen LogP contribution in [0.25, 0.3) is 11.0 Å². The average molecular weight is 466 g/mol. The van der Waals surface area contributed by atoms with Crippen LogP contribution in [0.15, 0.2) is 48.5 Å². The number of benzene rings is 2. The summed E-state index contributed by atoms with van der Waals surface area (Å²) in [4.78, 5) is 23.7. The normalized spacial score (nSPS) is 15.0. The number of hydrogen-bond donors (Lipinski definition) is 1. The van der Waals surface area contributed by atoms with Gasteiger partial charge in [0.05, 0.1) is 30.3 Å². The van der Waals surface area contributed by atoms with Gasteiger partial charge in [-0.05, 0) is 29.8 Å². The number of nitrogens with zero attached hydrogens (tertiary/aromatic N) is 4. The summed E-state index contributed by atoms with van der Waals surface area (Å²) in [7, 11) is 0. The molecule has 0 spiro atoms. The van der Waals surface area contributed by atoms with Gasteiger partial charge in [0.15, 0.2) is 11.1 Å². The van der Waals surface area contributed by atoms with Crippen molar-refractivity contribution in [3.63, 3.8) is 0 Å².